The quantitative estimate of drug-likeness (QED) is 0.517. The zero-order valence-electron chi connectivity index (χ0n) is 14.4. The van der Waals surface area contributed by atoms with Crippen LogP contribution >= 0.6 is 11.3 Å². The van der Waals surface area contributed by atoms with E-state index in [2.05, 4.69) is 4.98 Å². The molecule has 0 fully saturated rings. The highest BCUT2D eigenvalue weighted by molar-refractivity contribution is 7.20. The number of ether oxygens (including phenoxy) is 2. The number of carbonyl (C=O) groups excluding carboxylic acids is 2. The van der Waals surface area contributed by atoms with Crippen molar-refractivity contribution in [3.8, 4) is 5.75 Å². The van der Waals surface area contributed by atoms with E-state index in [-0.39, 0.29) is 12.2 Å². The number of fused-ring (bicyclic) bond motifs is 1. The van der Waals surface area contributed by atoms with Gasteiger partial charge in [-0.25, -0.2) is 14.6 Å². The maximum Gasteiger partial charge on any atom is 0.354 e. The first-order valence-electron chi connectivity index (χ1n) is 7.86. The van der Waals surface area contributed by atoms with Gasteiger partial charge in [0.25, 0.3) is 5.56 Å². The van der Waals surface area contributed by atoms with Crippen LogP contribution in [0.3, 0.4) is 0 Å². The Morgan fingerprint density at radius 3 is 2.54 bits per heavy atom. The van der Waals surface area contributed by atoms with Crippen molar-refractivity contribution in [2.45, 2.75) is 13.8 Å². The summed E-state index contributed by atoms with van der Waals surface area (Å²) in [6, 6.07) is 6.08. The van der Waals surface area contributed by atoms with Crippen LogP contribution in [0, 0.1) is 6.92 Å². The molecule has 134 valence electrons. The zero-order valence-corrected chi connectivity index (χ0v) is 15.3. The maximum absolute atomic E-state index is 12.5. The summed E-state index contributed by atoms with van der Waals surface area (Å²) in [6.07, 6.45) is 1.42. The standard InChI is InChI=1S/C18H16N2O5S/c1-4-24-17(22)11-5-7-12(8-6-11)25-18(23)14-10(2)13-15(26-14)19-9-20(3)16(13)21/h5-9H,4H2,1-3H3. The summed E-state index contributed by atoms with van der Waals surface area (Å²) in [5.41, 5.74) is 0.714. The third kappa shape index (κ3) is 3.23. The lowest BCUT2D eigenvalue weighted by atomic mass is 10.2. The van der Waals surface area contributed by atoms with Gasteiger partial charge in [-0.2, -0.15) is 0 Å². The molecular weight excluding hydrogens is 356 g/mol. The van der Waals surface area contributed by atoms with E-state index in [0.29, 0.717) is 32.0 Å². The fraction of sp³-hybridized carbons (Fsp3) is 0.222. The van der Waals surface area contributed by atoms with E-state index in [0.717, 1.165) is 11.3 Å². The zero-order chi connectivity index (χ0) is 18.8. The van der Waals surface area contributed by atoms with Crippen LogP contribution < -0.4 is 10.3 Å². The molecule has 2 aromatic heterocycles. The Hall–Kier alpha value is -3.00. The molecule has 2 heterocycles. The molecule has 0 spiro atoms. The molecule has 0 atom stereocenters. The highest BCUT2D eigenvalue weighted by Gasteiger charge is 2.20. The van der Waals surface area contributed by atoms with Crippen molar-refractivity contribution >= 4 is 33.5 Å². The molecular formula is C18H16N2O5S. The van der Waals surface area contributed by atoms with Gasteiger partial charge < -0.3 is 14.0 Å². The minimum Gasteiger partial charge on any atom is -0.462 e. The highest BCUT2D eigenvalue weighted by atomic mass is 32.1. The lowest BCUT2D eigenvalue weighted by Gasteiger charge is -2.05. The van der Waals surface area contributed by atoms with Crippen molar-refractivity contribution in [1.82, 2.24) is 9.55 Å². The van der Waals surface area contributed by atoms with E-state index in [1.165, 1.54) is 35.2 Å². The molecule has 8 heteroatoms. The minimum absolute atomic E-state index is 0.207. The lowest BCUT2D eigenvalue weighted by Crippen LogP contribution is -2.17. The first kappa shape index (κ1) is 17.8. The van der Waals surface area contributed by atoms with Gasteiger partial charge in [0, 0.05) is 7.05 Å². The Balaban J connectivity index is 1.86. The predicted molar refractivity (Wildman–Crippen MR) is 97.0 cm³/mol. The van der Waals surface area contributed by atoms with E-state index in [1.54, 1.807) is 20.9 Å². The van der Waals surface area contributed by atoms with Crippen LogP contribution in [0.4, 0.5) is 0 Å². The number of aromatic nitrogens is 2. The molecule has 0 saturated carbocycles. The molecule has 3 rings (SSSR count). The van der Waals surface area contributed by atoms with Gasteiger partial charge in [-0.15, -0.1) is 11.3 Å². The van der Waals surface area contributed by atoms with E-state index in [9.17, 15) is 14.4 Å². The Kier molecular flexibility index (Phi) is 4.85. The number of carbonyl (C=O) groups is 2. The van der Waals surface area contributed by atoms with Crippen LogP contribution in [-0.2, 0) is 11.8 Å². The van der Waals surface area contributed by atoms with Crippen molar-refractivity contribution in [3.05, 3.63) is 57.0 Å². The largest absolute Gasteiger partial charge is 0.462 e. The van der Waals surface area contributed by atoms with Crippen molar-refractivity contribution in [1.29, 1.82) is 0 Å². The number of hydrogen-bond donors (Lipinski definition) is 0. The number of benzene rings is 1. The van der Waals surface area contributed by atoms with E-state index in [1.807, 2.05) is 0 Å². The van der Waals surface area contributed by atoms with Crippen LogP contribution in [-0.4, -0.2) is 28.1 Å². The molecule has 0 radical (unpaired) electrons. The van der Waals surface area contributed by atoms with Crippen LogP contribution in [0.2, 0.25) is 0 Å². The normalized spacial score (nSPS) is 10.7. The molecule has 26 heavy (non-hydrogen) atoms. The molecule has 0 unspecified atom stereocenters. The maximum atomic E-state index is 12.5. The summed E-state index contributed by atoms with van der Waals surface area (Å²) < 4.78 is 11.6. The second-order valence-electron chi connectivity index (χ2n) is 5.53. The predicted octanol–water partition coefficient (Wildman–Crippen LogP) is 2.70. The van der Waals surface area contributed by atoms with E-state index >= 15 is 0 Å². The Bertz CT molecular complexity index is 1050. The fourth-order valence-corrected chi connectivity index (χ4v) is 3.45. The highest BCUT2D eigenvalue weighted by Crippen LogP contribution is 2.28. The average Bonchev–Trinajstić information content (AvgIpc) is 2.96. The topological polar surface area (TPSA) is 87.5 Å². The molecule has 0 saturated heterocycles. The Morgan fingerprint density at radius 1 is 1.19 bits per heavy atom. The SMILES string of the molecule is CCOC(=O)c1ccc(OC(=O)c2sc3ncn(C)c(=O)c3c2C)cc1. The Morgan fingerprint density at radius 2 is 1.88 bits per heavy atom. The molecule has 0 N–H and O–H groups in total. The van der Waals surface area contributed by atoms with Crippen molar-refractivity contribution in [2.24, 2.45) is 7.05 Å². The number of esters is 2. The molecule has 0 aliphatic rings. The molecule has 7 nitrogen and oxygen atoms in total. The second kappa shape index (κ2) is 7.09. The summed E-state index contributed by atoms with van der Waals surface area (Å²) in [7, 11) is 1.61. The molecule has 0 aliphatic heterocycles. The molecule has 0 amide bonds. The van der Waals surface area contributed by atoms with E-state index in [4.69, 9.17) is 9.47 Å². The van der Waals surface area contributed by atoms with Crippen LogP contribution in [0.1, 0.15) is 32.5 Å². The van der Waals surface area contributed by atoms with Gasteiger partial charge in [-0.05, 0) is 43.7 Å². The van der Waals surface area contributed by atoms with Gasteiger partial charge in [-0.3, -0.25) is 4.79 Å². The molecule has 0 bridgehead atoms. The van der Waals surface area contributed by atoms with Crippen molar-refractivity contribution < 1.29 is 19.1 Å². The first-order chi connectivity index (χ1) is 12.4. The van der Waals surface area contributed by atoms with Crippen LogP contribution in [0.25, 0.3) is 10.2 Å². The average molecular weight is 372 g/mol. The summed E-state index contributed by atoms with van der Waals surface area (Å²) in [5, 5.41) is 0.421. The summed E-state index contributed by atoms with van der Waals surface area (Å²) >= 11 is 1.12. The molecule has 3 aromatic rings. The number of hydrogen-bond acceptors (Lipinski definition) is 7. The molecule has 0 aliphatic carbocycles. The van der Waals surface area contributed by atoms with Gasteiger partial charge in [0.15, 0.2) is 0 Å². The number of nitrogens with zero attached hydrogens (tertiary/aromatic N) is 2. The van der Waals surface area contributed by atoms with Gasteiger partial charge in [-0.1, -0.05) is 0 Å². The third-order valence-electron chi connectivity index (χ3n) is 3.77. The summed E-state index contributed by atoms with van der Waals surface area (Å²) in [5.74, 6) is -0.718. The van der Waals surface area contributed by atoms with Crippen LogP contribution in [0.15, 0.2) is 35.4 Å². The number of rotatable bonds is 4. The second-order valence-corrected chi connectivity index (χ2v) is 6.53. The number of thiophene rings is 1. The first-order valence-corrected chi connectivity index (χ1v) is 8.68. The van der Waals surface area contributed by atoms with Gasteiger partial charge >= 0.3 is 11.9 Å². The van der Waals surface area contributed by atoms with E-state index < -0.39 is 11.9 Å². The van der Waals surface area contributed by atoms with Gasteiger partial charge in [0.1, 0.15) is 15.5 Å². The summed E-state index contributed by atoms with van der Waals surface area (Å²) in [4.78, 5) is 41.4. The van der Waals surface area contributed by atoms with Gasteiger partial charge in [0.2, 0.25) is 0 Å². The monoisotopic (exact) mass is 372 g/mol. The van der Waals surface area contributed by atoms with Crippen LogP contribution in [0.5, 0.6) is 5.75 Å². The van der Waals surface area contributed by atoms with Crippen molar-refractivity contribution in [2.75, 3.05) is 6.61 Å². The fourth-order valence-electron chi connectivity index (χ4n) is 2.43. The lowest BCUT2D eigenvalue weighted by molar-refractivity contribution is 0.0526. The summed E-state index contributed by atoms with van der Waals surface area (Å²) in [6.45, 7) is 3.71. The van der Waals surface area contributed by atoms with Gasteiger partial charge in [0.05, 0.1) is 23.9 Å². The molecule has 1 aromatic carbocycles. The number of aryl methyl sites for hydroxylation is 2. The minimum atomic E-state index is -0.573. The Labute approximate surface area is 152 Å². The third-order valence-corrected chi connectivity index (χ3v) is 4.95. The van der Waals surface area contributed by atoms with Crippen molar-refractivity contribution in [3.63, 3.8) is 0 Å². The smallest absolute Gasteiger partial charge is 0.354 e.